The molecule has 0 saturated carbocycles. The maximum atomic E-state index is 9.19. The molecule has 1 aromatic heterocycles. The molecule has 0 bridgehead atoms. The van der Waals surface area contributed by atoms with E-state index in [9.17, 15) is 8.42 Å². The third-order valence-electron chi connectivity index (χ3n) is 4.64. The molecule has 0 amide bonds. The van der Waals surface area contributed by atoms with Crippen molar-refractivity contribution in [2.45, 2.75) is 6.42 Å². The summed E-state index contributed by atoms with van der Waals surface area (Å²) in [6.45, 7) is 1.78. The van der Waals surface area contributed by atoms with Gasteiger partial charge in [0.05, 0.1) is 25.5 Å². The molecule has 4 rings (SSSR count). The van der Waals surface area contributed by atoms with Gasteiger partial charge in [0.2, 0.25) is 0 Å². The molecule has 2 aromatic carbocycles. The Morgan fingerprint density at radius 2 is 1.88 bits per heavy atom. The molecule has 9 nitrogen and oxygen atoms in total. The van der Waals surface area contributed by atoms with E-state index in [1.54, 1.807) is 20.5 Å². The largest absolute Gasteiger partial charge is 0.493 e. The Labute approximate surface area is 191 Å². The minimum atomic E-state index is -3.67. The molecular weight excluding hydrogens is 458 g/mol. The maximum Gasteiger partial charge on any atom is 0.261 e. The molecule has 0 fully saturated rings. The summed E-state index contributed by atoms with van der Waals surface area (Å²) in [6.07, 6.45) is 3.24. The summed E-state index contributed by atoms with van der Waals surface area (Å²) in [7, 11) is -0.403. The van der Waals surface area contributed by atoms with E-state index in [1.165, 1.54) is 5.56 Å². The smallest absolute Gasteiger partial charge is 0.261 e. The van der Waals surface area contributed by atoms with Gasteiger partial charge in [-0.3, -0.25) is 4.55 Å². The normalized spacial score (nSPS) is 12.8. The van der Waals surface area contributed by atoms with E-state index in [0.717, 1.165) is 35.4 Å². The Morgan fingerprint density at radius 1 is 1.12 bits per heavy atom. The SMILES string of the molecule is COCCOc1cc2ncnc(N3CCc4ccc(Cl)cc43)c2cc1OC.CS(=O)(=O)O. The summed E-state index contributed by atoms with van der Waals surface area (Å²) >= 11 is 6.22. The van der Waals surface area contributed by atoms with Crippen LogP contribution >= 0.6 is 11.6 Å². The van der Waals surface area contributed by atoms with Crippen molar-refractivity contribution in [1.82, 2.24) is 9.97 Å². The predicted octanol–water partition coefficient (Wildman–Crippen LogP) is 3.52. The van der Waals surface area contributed by atoms with Crippen molar-refractivity contribution in [2.75, 3.05) is 45.1 Å². The molecule has 0 radical (unpaired) electrons. The quantitative estimate of drug-likeness (QED) is 0.417. The predicted molar refractivity (Wildman–Crippen MR) is 123 cm³/mol. The summed E-state index contributed by atoms with van der Waals surface area (Å²) in [5.41, 5.74) is 3.14. The first-order chi connectivity index (χ1) is 15.2. The lowest BCUT2D eigenvalue weighted by molar-refractivity contribution is 0.144. The van der Waals surface area contributed by atoms with Crippen LogP contribution < -0.4 is 14.4 Å². The van der Waals surface area contributed by atoms with Crippen LogP contribution in [0.15, 0.2) is 36.7 Å². The van der Waals surface area contributed by atoms with Crippen molar-refractivity contribution in [3.8, 4) is 11.5 Å². The molecule has 3 aromatic rings. The van der Waals surface area contributed by atoms with Crippen molar-refractivity contribution < 1.29 is 27.2 Å². The molecule has 172 valence electrons. The minimum absolute atomic E-state index is 0.439. The Kier molecular flexibility index (Phi) is 7.73. The zero-order valence-corrected chi connectivity index (χ0v) is 19.5. The number of nitrogens with zero attached hydrogens (tertiary/aromatic N) is 3. The number of hydrogen-bond donors (Lipinski definition) is 1. The van der Waals surface area contributed by atoms with Gasteiger partial charge < -0.3 is 19.1 Å². The van der Waals surface area contributed by atoms with E-state index in [0.29, 0.717) is 36.0 Å². The zero-order valence-electron chi connectivity index (χ0n) is 17.9. The number of aromatic nitrogens is 2. The van der Waals surface area contributed by atoms with E-state index < -0.39 is 10.1 Å². The van der Waals surface area contributed by atoms with Gasteiger partial charge in [-0.25, -0.2) is 9.97 Å². The van der Waals surface area contributed by atoms with Gasteiger partial charge in [-0.1, -0.05) is 17.7 Å². The van der Waals surface area contributed by atoms with Crippen LogP contribution in [0, 0.1) is 0 Å². The highest BCUT2D eigenvalue weighted by atomic mass is 35.5. The second kappa shape index (κ2) is 10.3. The summed E-state index contributed by atoms with van der Waals surface area (Å²) in [6, 6.07) is 9.79. The van der Waals surface area contributed by atoms with Crippen LogP contribution in [0.1, 0.15) is 5.56 Å². The number of rotatable bonds is 6. The fourth-order valence-corrected chi connectivity index (χ4v) is 3.51. The van der Waals surface area contributed by atoms with Crippen molar-refractivity contribution >= 4 is 44.1 Å². The van der Waals surface area contributed by atoms with Gasteiger partial charge in [-0.2, -0.15) is 8.42 Å². The Balaban J connectivity index is 0.000000523. The van der Waals surface area contributed by atoms with Crippen LogP contribution in [0.4, 0.5) is 11.5 Å². The zero-order chi connectivity index (χ0) is 23.3. The molecule has 0 saturated heterocycles. The third-order valence-corrected chi connectivity index (χ3v) is 4.88. The van der Waals surface area contributed by atoms with Crippen LogP contribution in [0.3, 0.4) is 0 Å². The molecule has 32 heavy (non-hydrogen) atoms. The lowest BCUT2D eigenvalue weighted by Crippen LogP contribution is -2.15. The van der Waals surface area contributed by atoms with Gasteiger partial charge in [0.15, 0.2) is 11.5 Å². The number of methoxy groups -OCH3 is 2. The summed E-state index contributed by atoms with van der Waals surface area (Å²) in [4.78, 5) is 11.2. The highest BCUT2D eigenvalue weighted by Gasteiger charge is 2.24. The molecule has 0 spiro atoms. The molecule has 0 atom stereocenters. The van der Waals surface area contributed by atoms with Crippen LogP contribution in [0.5, 0.6) is 11.5 Å². The molecular formula is C21H24ClN3O6S. The molecule has 1 N–H and O–H groups in total. The topological polar surface area (TPSA) is 111 Å². The van der Waals surface area contributed by atoms with Crippen molar-refractivity contribution in [2.24, 2.45) is 0 Å². The summed E-state index contributed by atoms with van der Waals surface area (Å²) in [5, 5.41) is 1.62. The molecule has 11 heteroatoms. The first-order valence-electron chi connectivity index (χ1n) is 9.64. The van der Waals surface area contributed by atoms with Crippen LogP contribution in [0.25, 0.3) is 10.9 Å². The minimum Gasteiger partial charge on any atom is -0.493 e. The summed E-state index contributed by atoms with van der Waals surface area (Å²) < 4.78 is 42.2. The second-order valence-corrected chi connectivity index (χ2v) is 8.87. The standard InChI is InChI=1S/C20H20ClN3O3.CH4O3S/c1-25-7-8-27-19-11-16-15(10-18(19)26-2)20(23-12-22-16)24-6-5-13-3-4-14(21)9-17(13)24;1-5(2,3)4/h3-4,9-12H,5-8H2,1-2H3;1H3,(H,2,3,4). The number of hydrogen-bond acceptors (Lipinski definition) is 8. The van der Waals surface area contributed by atoms with Crippen molar-refractivity contribution in [1.29, 1.82) is 0 Å². The summed E-state index contributed by atoms with van der Waals surface area (Å²) in [5.74, 6) is 2.11. The van der Waals surface area contributed by atoms with Crippen molar-refractivity contribution in [3.05, 3.63) is 47.2 Å². The van der Waals surface area contributed by atoms with Gasteiger partial charge >= 0.3 is 0 Å². The number of halogens is 1. The fourth-order valence-electron chi connectivity index (χ4n) is 3.35. The van der Waals surface area contributed by atoms with Crippen LogP contribution in [0.2, 0.25) is 5.02 Å². The first-order valence-corrected chi connectivity index (χ1v) is 11.9. The van der Waals surface area contributed by atoms with E-state index in [4.69, 9.17) is 30.4 Å². The van der Waals surface area contributed by atoms with Gasteiger partial charge in [0.25, 0.3) is 10.1 Å². The molecule has 2 heterocycles. The highest BCUT2D eigenvalue weighted by molar-refractivity contribution is 7.85. The van der Waals surface area contributed by atoms with Crippen molar-refractivity contribution in [3.63, 3.8) is 0 Å². The lowest BCUT2D eigenvalue weighted by atomic mass is 10.1. The van der Waals surface area contributed by atoms with Crippen LogP contribution in [-0.2, 0) is 21.3 Å². The number of anilines is 2. The van der Waals surface area contributed by atoms with E-state index in [1.807, 2.05) is 24.3 Å². The molecule has 1 aliphatic rings. The molecule has 0 unspecified atom stereocenters. The number of benzene rings is 2. The van der Waals surface area contributed by atoms with E-state index in [-0.39, 0.29) is 0 Å². The number of fused-ring (bicyclic) bond motifs is 2. The average molecular weight is 482 g/mol. The Hall–Kier alpha value is -2.66. The molecule has 1 aliphatic heterocycles. The lowest BCUT2D eigenvalue weighted by Gasteiger charge is -2.21. The Morgan fingerprint density at radius 3 is 2.56 bits per heavy atom. The monoisotopic (exact) mass is 481 g/mol. The fraction of sp³-hybridized carbons (Fsp3) is 0.333. The highest BCUT2D eigenvalue weighted by Crippen LogP contribution is 2.40. The first kappa shape index (κ1) is 24.0. The Bertz CT molecular complexity index is 1200. The molecule has 0 aliphatic carbocycles. The van der Waals surface area contributed by atoms with Gasteiger partial charge in [0.1, 0.15) is 18.8 Å². The second-order valence-electron chi connectivity index (χ2n) is 6.97. The average Bonchev–Trinajstić information content (AvgIpc) is 3.14. The van der Waals surface area contributed by atoms with Gasteiger partial charge in [-0.05, 0) is 30.2 Å². The van der Waals surface area contributed by atoms with Gasteiger partial charge in [0, 0.05) is 35.8 Å². The maximum absolute atomic E-state index is 9.19. The van der Waals surface area contributed by atoms with E-state index in [2.05, 4.69) is 20.9 Å². The van der Waals surface area contributed by atoms with Gasteiger partial charge in [-0.15, -0.1) is 0 Å². The van der Waals surface area contributed by atoms with E-state index >= 15 is 0 Å². The third kappa shape index (κ3) is 5.98. The van der Waals surface area contributed by atoms with Crippen LogP contribution in [-0.4, -0.2) is 63.2 Å². The number of ether oxygens (including phenoxy) is 3.